The van der Waals surface area contributed by atoms with Gasteiger partial charge in [-0.25, -0.2) is 4.79 Å². The first-order valence-corrected chi connectivity index (χ1v) is 13.7. The summed E-state index contributed by atoms with van der Waals surface area (Å²) < 4.78 is 18.3. The van der Waals surface area contributed by atoms with E-state index in [0.29, 0.717) is 36.0 Å². The van der Waals surface area contributed by atoms with Crippen molar-refractivity contribution < 1.29 is 19.0 Å². The Hall–Kier alpha value is -3.01. The molecule has 0 aromatic heterocycles. The maximum atomic E-state index is 13.4. The van der Waals surface area contributed by atoms with E-state index in [4.69, 9.17) is 14.2 Å². The highest BCUT2D eigenvalue weighted by Crippen LogP contribution is 2.38. The van der Waals surface area contributed by atoms with Gasteiger partial charge in [0.2, 0.25) is 0 Å². The zero-order valence-corrected chi connectivity index (χ0v) is 22.3. The predicted octanol–water partition coefficient (Wildman–Crippen LogP) is 9.07. The molecule has 0 spiro atoms. The normalized spacial score (nSPS) is 11.0. The molecule has 3 rings (SSSR count). The molecule has 4 nitrogen and oxygen atoms in total. The van der Waals surface area contributed by atoms with Crippen LogP contribution in [0.2, 0.25) is 0 Å². The molecule has 0 aliphatic rings. The summed E-state index contributed by atoms with van der Waals surface area (Å²) in [7, 11) is 0. The monoisotopic (exact) mass is 490 g/mol. The lowest BCUT2D eigenvalue weighted by Crippen LogP contribution is -2.13. The molecule has 3 aromatic carbocycles. The molecule has 0 radical (unpaired) electrons. The number of esters is 1. The molecule has 4 heteroatoms. The SMILES string of the molecule is CCCCCCCOc1cc(C(=O)Oc2ccccc2)c(OCCCCCCC)c2ccc(C)cc12. The van der Waals surface area contributed by atoms with Crippen LogP contribution in [0.15, 0.2) is 54.6 Å². The maximum Gasteiger partial charge on any atom is 0.347 e. The number of hydrogen-bond acceptors (Lipinski definition) is 4. The number of hydrogen-bond donors (Lipinski definition) is 0. The highest BCUT2D eigenvalue weighted by molar-refractivity contribution is 6.04. The van der Waals surface area contributed by atoms with Gasteiger partial charge < -0.3 is 14.2 Å². The molecule has 194 valence electrons. The van der Waals surface area contributed by atoms with Gasteiger partial charge in [-0.2, -0.15) is 0 Å². The molecular weight excluding hydrogens is 448 g/mol. The highest BCUT2D eigenvalue weighted by atomic mass is 16.5. The van der Waals surface area contributed by atoms with Crippen molar-refractivity contribution in [1.29, 1.82) is 0 Å². The Bertz CT molecular complexity index is 1070. The Morgan fingerprint density at radius 1 is 0.694 bits per heavy atom. The molecule has 0 fully saturated rings. The van der Waals surface area contributed by atoms with E-state index in [9.17, 15) is 4.79 Å². The zero-order chi connectivity index (χ0) is 25.6. The second-order valence-corrected chi connectivity index (χ2v) is 9.53. The van der Waals surface area contributed by atoms with Crippen LogP contribution in [0.4, 0.5) is 0 Å². The molecule has 0 aliphatic heterocycles. The third-order valence-electron chi connectivity index (χ3n) is 6.38. The Labute approximate surface area is 217 Å². The lowest BCUT2D eigenvalue weighted by molar-refractivity contribution is 0.0730. The van der Waals surface area contributed by atoms with Gasteiger partial charge in [-0.1, -0.05) is 101 Å². The Kier molecular flexibility index (Phi) is 11.6. The Balaban J connectivity index is 1.89. The molecule has 3 aromatic rings. The van der Waals surface area contributed by atoms with E-state index in [1.165, 1.54) is 38.5 Å². The third kappa shape index (κ3) is 8.29. The number of rotatable bonds is 16. The topological polar surface area (TPSA) is 44.8 Å². The van der Waals surface area contributed by atoms with Crippen molar-refractivity contribution in [3.05, 3.63) is 65.7 Å². The molecule has 0 unspecified atom stereocenters. The van der Waals surface area contributed by atoms with Crippen LogP contribution in [0.3, 0.4) is 0 Å². The molecule has 0 saturated heterocycles. The van der Waals surface area contributed by atoms with Crippen molar-refractivity contribution in [2.45, 2.75) is 85.0 Å². The van der Waals surface area contributed by atoms with Crippen LogP contribution in [0.1, 0.15) is 94.0 Å². The molecule has 0 saturated carbocycles. The van der Waals surface area contributed by atoms with E-state index in [1.807, 2.05) is 30.3 Å². The van der Waals surface area contributed by atoms with Gasteiger partial charge in [0.15, 0.2) is 0 Å². The van der Waals surface area contributed by atoms with E-state index in [2.05, 4.69) is 32.9 Å². The molecule has 0 bridgehead atoms. The predicted molar refractivity (Wildman–Crippen MR) is 149 cm³/mol. The van der Waals surface area contributed by atoms with Crippen LogP contribution >= 0.6 is 0 Å². The summed E-state index contributed by atoms with van der Waals surface area (Å²) >= 11 is 0. The van der Waals surface area contributed by atoms with Crippen molar-refractivity contribution >= 4 is 16.7 Å². The second kappa shape index (κ2) is 15.2. The lowest BCUT2D eigenvalue weighted by atomic mass is 10.0. The number of fused-ring (bicyclic) bond motifs is 1. The van der Waals surface area contributed by atoms with Crippen LogP contribution in [-0.4, -0.2) is 19.2 Å². The Morgan fingerprint density at radius 3 is 2.00 bits per heavy atom. The van der Waals surface area contributed by atoms with Gasteiger partial charge in [0.25, 0.3) is 0 Å². The van der Waals surface area contributed by atoms with Gasteiger partial charge in [0.1, 0.15) is 22.8 Å². The molecule has 0 atom stereocenters. The molecule has 36 heavy (non-hydrogen) atoms. The van der Waals surface area contributed by atoms with E-state index < -0.39 is 5.97 Å². The summed E-state index contributed by atoms with van der Waals surface area (Å²) in [5, 5.41) is 1.86. The van der Waals surface area contributed by atoms with Crippen LogP contribution in [0, 0.1) is 6.92 Å². The molecular formula is C32H42O4. The molecule has 0 amide bonds. The fraction of sp³-hybridized carbons (Fsp3) is 0.469. The van der Waals surface area contributed by atoms with Crippen molar-refractivity contribution in [2.24, 2.45) is 0 Å². The van der Waals surface area contributed by atoms with Crippen LogP contribution < -0.4 is 14.2 Å². The Morgan fingerprint density at radius 2 is 1.33 bits per heavy atom. The lowest BCUT2D eigenvalue weighted by Gasteiger charge is -2.18. The number of unbranched alkanes of at least 4 members (excludes halogenated alkanes) is 8. The standard InChI is InChI=1S/C32H42O4/c1-4-6-8-10-15-21-34-30-24-29(32(33)36-26-17-13-12-14-18-26)31(35-22-16-11-9-7-5-2)27-20-19-25(3)23-28(27)30/h12-14,17-20,23-24H,4-11,15-16,21-22H2,1-3H3. The summed E-state index contributed by atoms with van der Waals surface area (Å²) in [6.07, 6.45) is 11.6. The summed E-state index contributed by atoms with van der Waals surface area (Å²) in [4.78, 5) is 13.4. The van der Waals surface area contributed by atoms with Crippen molar-refractivity contribution in [1.82, 2.24) is 0 Å². The second-order valence-electron chi connectivity index (χ2n) is 9.53. The van der Waals surface area contributed by atoms with Crippen LogP contribution in [-0.2, 0) is 0 Å². The number of carbonyl (C=O) groups is 1. The van der Waals surface area contributed by atoms with Crippen molar-refractivity contribution in [3.63, 3.8) is 0 Å². The molecule has 0 heterocycles. The number of ether oxygens (including phenoxy) is 3. The number of carbonyl (C=O) groups excluding carboxylic acids is 1. The van der Waals surface area contributed by atoms with Crippen molar-refractivity contribution in [3.8, 4) is 17.2 Å². The fourth-order valence-corrected chi connectivity index (χ4v) is 4.32. The average molecular weight is 491 g/mol. The van der Waals surface area contributed by atoms with E-state index in [0.717, 1.165) is 42.0 Å². The third-order valence-corrected chi connectivity index (χ3v) is 6.38. The van der Waals surface area contributed by atoms with Crippen molar-refractivity contribution in [2.75, 3.05) is 13.2 Å². The summed E-state index contributed by atoms with van der Waals surface area (Å²) in [6.45, 7) is 7.69. The minimum Gasteiger partial charge on any atom is -0.493 e. The number of aryl methyl sites for hydroxylation is 1. The van der Waals surface area contributed by atoms with Gasteiger partial charge in [-0.3, -0.25) is 0 Å². The van der Waals surface area contributed by atoms with Gasteiger partial charge >= 0.3 is 5.97 Å². The minimum absolute atomic E-state index is 0.407. The van der Waals surface area contributed by atoms with E-state index >= 15 is 0 Å². The smallest absolute Gasteiger partial charge is 0.347 e. The van der Waals surface area contributed by atoms with Gasteiger partial charge in [0, 0.05) is 10.8 Å². The first-order chi connectivity index (χ1) is 17.6. The first-order valence-electron chi connectivity index (χ1n) is 13.7. The largest absolute Gasteiger partial charge is 0.493 e. The highest BCUT2D eigenvalue weighted by Gasteiger charge is 2.22. The maximum absolute atomic E-state index is 13.4. The molecule has 0 N–H and O–H groups in total. The fourth-order valence-electron chi connectivity index (χ4n) is 4.32. The quantitative estimate of drug-likeness (QED) is 0.114. The first kappa shape index (κ1) is 27.6. The van der Waals surface area contributed by atoms with Gasteiger partial charge in [-0.05, 0) is 44.0 Å². The van der Waals surface area contributed by atoms with Crippen LogP contribution in [0.5, 0.6) is 17.2 Å². The zero-order valence-electron chi connectivity index (χ0n) is 22.3. The minimum atomic E-state index is -0.433. The van der Waals surface area contributed by atoms with E-state index in [-0.39, 0.29) is 0 Å². The summed E-state index contributed by atoms with van der Waals surface area (Å²) in [5.74, 6) is 1.36. The number of benzene rings is 3. The van der Waals surface area contributed by atoms with Gasteiger partial charge in [0.05, 0.1) is 13.2 Å². The van der Waals surface area contributed by atoms with Gasteiger partial charge in [-0.15, -0.1) is 0 Å². The average Bonchev–Trinajstić information content (AvgIpc) is 2.89. The molecule has 0 aliphatic carbocycles. The summed E-state index contributed by atoms with van der Waals surface area (Å²) in [5.41, 5.74) is 1.55. The van der Waals surface area contributed by atoms with Crippen LogP contribution in [0.25, 0.3) is 10.8 Å². The summed E-state index contributed by atoms with van der Waals surface area (Å²) in [6, 6.07) is 17.2. The number of para-hydroxylation sites is 1. The van der Waals surface area contributed by atoms with E-state index in [1.54, 1.807) is 12.1 Å².